The molecule has 0 unspecified atom stereocenters. The first-order chi connectivity index (χ1) is 12.5. The van der Waals surface area contributed by atoms with Gasteiger partial charge in [-0.25, -0.2) is 0 Å². The van der Waals surface area contributed by atoms with E-state index in [1.54, 1.807) is 0 Å². The topological polar surface area (TPSA) is 46.6 Å². The number of hydrogen-bond acceptors (Lipinski definition) is 4. The van der Waals surface area contributed by atoms with Crippen LogP contribution in [0.15, 0.2) is 29.2 Å². The van der Waals surface area contributed by atoms with Gasteiger partial charge in [0.1, 0.15) is 5.75 Å². The number of nitrogens with zero attached hydrogens (tertiary/aromatic N) is 1. The molecule has 0 radical (unpaired) electrons. The zero-order valence-corrected chi connectivity index (χ0v) is 16.6. The number of benzene rings is 1. The molecule has 0 bridgehead atoms. The third-order valence-electron chi connectivity index (χ3n) is 4.82. The highest BCUT2D eigenvalue weighted by molar-refractivity contribution is 8.04. The molecule has 0 saturated heterocycles. The largest absolute Gasteiger partial charge is 0.494 e. The summed E-state index contributed by atoms with van der Waals surface area (Å²) in [7, 11) is 0. The summed E-state index contributed by atoms with van der Waals surface area (Å²) in [5, 5.41) is 0.241. The Bertz CT molecular complexity index is 702. The number of imide groups is 1. The van der Waals surface area contributed by atoms with Crippen LogP contribution in [-0.2, 0) is 9.59 Å². The van der Waals surface area contributed by atoms with Crippen LogP contribution in [0.5, 0.6) is 5.75 Å². The predicted octanol–water partition coefficient (Wildman–Crippen LogP) is 4.64. The lowest BCUT2D eigenvalue weighted by atomic mass is 9.94. The van der Waals surface area contributed by atoms with Crippen LogP contribution in [-0.4, -0.2) is 34.6 Å². The van der Waals surface area contributed by atoms with Crippen molar-refractivity contribution in [3.8, 4) is 5.75 Å². The molecule has 0 aromatic heterocycles. The van der Waals surface area contributed by atoms with Crippen molar-refractivity contribution in [3.05, 3.63) is 34.7 Å². The van der Waals surface area contributed by atoms with Gasteiger partial charge in [-0.05, 0) is 37.5 Å². The van der Waals surface area contributed by atoms with Gasteiger partial charge in [0.2, 0.25) is 0 Å². The Morgan fingerprint density at radius 1 is 1.08 bits per heavy atom. The van der Waals surface area contributed by atoms with Crippen LogP contribution in [0.3, 0.4) is 0 Å². The zero-order valence-electron chi connectivity index (χ0n) is 15.8. The molecule has 1 heterocycles. The van der Waals surface area contributed by atoms with E-state index >= 15 is 0 Å². The average molecular weight is 374 g/mol. The lowest BCUT2D eigenvalue weighted by Crippen LogP contribution is -2.42. The summed E-state index contributed by atoms with van der Waals surface area (Å²) in [4.78, 5) is 28.5. The summed E-state index contributed by atoms with van der Waals surface area (Å²) in [6.07, 6.45) is 5.22. The molecule has 1 fully saturated rings. The van der Waals surface area contributed by atoms with E-state index in [-0.39, 0.29) is 23.1 Å². The van der Waals surface area contributed by atoms with E-state index in [1.165, 1.54) is 23.1 Å². The van der Waals surface area contributed by atoms with Gasteiger partial charge in [-0.1, -0.05) is 45.2 Å². The molecule has 4 nitrogen and oxygen atoms in total. The van der Waals surface area contributed by atoms with Crippen LogP contribution in [0.2, 0.25) is 0 Å². The molecule has 26 heavy (non-hydrogen) atoms. The number of carbonyl (C=O) groups is 2. The van der Waals surface area contributed by atoms with Gasteiger partial charge in [0.15, 0.2) is 0 Å². The molecule has 2 amide bonds. The van der Waals surface area contributed by atoms with Crippen molar-refractivity contribution < 1.29 is 14.3 Å². The first kappa shape index (κ1) is 19.0. The minimum absolute atomic E-state index is 0.0479. The number of rotatable bonds is 6. The monoisotopic (exact) mass is 373 g/mol. The van der Waals surface area contributed by atoms with Gasteiger partial charge in [0.25, 0.3) is 11.8 Å². The fourth-order valence-electron chi connectivity index (χ4n) is 3.68. The van der Waals surface area contributed by atoms with E-state index < -0.39 is 0 Å². The number of ether oxygens (including phenoxy) is 1. The Balaban J connectivity index is 1.95. The summed E-state index contributed by atoms with van der Waals surface area (Å²) in [5.74, 6) is 0.537. The molecular weight excluding hydrogens is 346 g/mol. The summed E-state index contributed by atoms with van der Waals surface area (Å²) >= 11 is 1.50. The maximum atomic E-state index is 13.2. The molecule has 1 aliphatic carbocycles. The normalized spacial score (nSPS) is 19.0. The van der Waals surface area contributed by atoms with Crippen LogP contribution in [0.4, 0.5) is 0 Å². The molecule has 0 N–H and O–H groups in total. The Morgan fingerprint density at radius 2 is 1.73 bits per heavy atom. The van der Waals surface area contributed by atoms with E-state index in [9.17, 15) is 9.59 Å². The quantitative estimate of drug-likeness (QED) is 0.682. The molecule has 140 valence electrons. The molecule has 3 rings (SSSR count). The third kappa shape index (κ3) is 3.83. The second-order valence-corrected chi connectivity index (χ2v) is 8.69. The molecule has 2 aliphatic rings. The predicted molar refractivity (Wildman–Crippen MR) is 106 cm³/mol. The van der Waals surface area contributed by atoms with Crippen LogP contribution in [0.1, 0.15) is 58.4 Å². The SMILES string of the molecule is CCOc1ccc(C2=C(SC(C)C)C(=O)N(C3CCCCC3)C2=O)cc1. The molecule has 1 aromatic carbocycles. The van der Waals surface area contributed by atoms with Gasteiger partial charge in [0.05, 0.1) is 17.1 Å². The van der Waals surface area contributed by atoms with Gasteiger partial charge in [0, 0.05) is 11.3 Å². The lowest BCUT2D eigenvalue weighted by Gasteiger charge is -2.30. The van der Waals surface area contributed by atoms with E-state index in [1.807, 2.05) is 31.2 Å². The van der Waals surface area contributed by atoms with Gasteiger partial charge >= 0.3 is 0 Å². The summed E-state index contributed by atoms with van der Waals surface area (Å²) < 4.78 is 5.50. The van der Waals surface area contributed by atoms with Crippen LogP contribution >= 0.6 is 11.8 Å². The minimum atomic E-state index is -0.130. The Labute approximate surface area is 160 Å². The van der Waals surface area contributed by atoms with Crippen molar-refractivity contribution in [1.29, 1.82) is 0 Å². The first-order valence-electron chi connectivity index (χ1n) is 9.55. The maximum Gasteiger partial charge on any atom is 0.268 e. The molecule has 1 aromatic rings. The van der Waals surface area contributed by atoms with E-state index in [2.05, 4.69) is 13.8 Å². The van der Waals surface area contributed by atoms with Crippen molar-refractivity contribution >= 4 is 29.1 Å². The Morgan fingerprint density at radius 3 is 2.31 bits per heavy atom. The second-order valence-electron chi connectivity index (χ2n) is 7.10. The lowest BCUT2D eigenvalue weighted by molar-refractivity contribution is -0.139. The van der Waals surface area contributed by atoms with Crippen molar-refractivity contribution in [1.82, 2.24) is 4.90 Å². The third-order valence-corrected chi connectivity index (χ3v) is 5.91. The Hall–Kier alpha value is -1.75. The molecule has 1 aliphatic heterocycles. The summed E-state index contributed by atoms with van der Waals surface area (Å²) in [6.45, 7) is 6.64. The second kappa shape index (κ2) is 8.30. The summed E-state index contributed by atoms with van der Waals surface area (Å²) in [6, 6.07) is 7.55. The average Bonchev–Trinajstić information content (AvgIpc) is 2.86. The van der Waals surface area contributed by atoms with Crippen LogP contribution < -0.4 is 4.74 Å². The number of amides is 2. The van der Waals surface area contributed by atoms with Crippen LogP contribution in [0.25, 0.3) is 5.57 Å². The molecule has 1 saturated carbocycles. The molecular formula is C21H27NO3S. The number of carbonyl (C=O) groups excluding carboxylic acids is 2. The fraction of sp³-hybridized carbons (Fsp3) is 0.524. The van der Waals surface area contributed by atoms with E-state index in [4.69, 9.17) is 4.74 Å². The van der Waals surface area contributed by atoms with Crippen molar-refractivity contribution in [2.24, 2.45) is 0 Å². The number of thioether (sulfide) groups is 1. The van der Waals surface area contributed by atoms with Gasteiger partial charge < -0.3 is 4.74 Å². The standard InChI is InChI=1S/C21H27NO3S/c1-4-25-17-12-10-15(11-13-17)18-19(26-14(2)3)21(24)22(20(18)23)16-8-6-5-7-9-16/h10-14,16H,4-9H2,1-3H3. The minimum Gasteiger partial charge on any atom is -0.494 e. The first-order valence-corrected chi connectivity index (χ1v) is 10.4. The number of hydrogen-bond donors (Lipinski definition) is 0. The highest BCUT2D eigenvalue weighted by Gasteiger charge is 2.43. The zero-order chi connectivity index (χ0) is 18.7. The van der Waals surface area contributed by atoms with Gasteiger partial charge in [-0.15, -0.1) is 11.8 Å². The highest BCUT2D eigenvalue weighted by atomic mass is 32.2. The van der Waals surface area contributed by atoms with E-state index in [0.717, 1.165) is 37.0 Å². The van der Waals surface area contributed by atoms with E-state index in [0.29, 0.717) is 17.1 Å². The molecule has 0 spiro atoms. The highest BCUT2D eigenvalue weighted by Crippen LogP contribution is 2.40. The maximum absolute atomic E-state index is 13.2. The molecule has 5 heteroatoms. The smallest absolute Gasteiger partial charge is 0.268 e. The fourth-order valence-corrected chi connectivity index (χ4v) is 4.67. The summed E-state index contributed by atoms with van der Waals surface area (Å²) in [5.41, 5.74) is 1.36. The Kier molecular flexibility index (Phi) is 6.07. The van der Waals surface area contributed by atoms with Crippen molar-refractivity contribution in [3.63, 3.8) is 0 Å². The van der Waals surface area contributed by atoms with Gasteiger partial charge in [-0.3, -0.25) is 14.5 Å². The molecule has 0 atom stereocenters. The van der Waals surface area contributed by atoms with Crippen LogP contribution in [0, 0.1) is 0 Å². The van der Waals surface area contributed by atoms with Crippen molar-refractivity contribution in [2.45, 2.75) is 64.2 Å². The van der Waals surface area contributed by atoms with Gasteiger partial charge in [-0.2, -0.15) is 0 Å². The van der Waals surface area contributed by atoms with Crippen molar-refractivity contribution in [2.75, 3.05) is 6.61 Å².